The zero-order chi connectivity index (χ0) is 27.8. The molecule has 212 valence electrons. The van der Waals surface area contributed by atoms with Crippen molar-refractivity contribution in [1.29, 1.82) is 5.26 Å². The molecule has 2 saturated carbocycles. The van der Waals surface area contributed by atoms with Gasteiger partial charge in [-0.1, -0.05) is 12.1 Å². The maximum atomic E-state index is 15.2. The molecule has 2 aliphatic carbocycles. The van der Waals surface area contributed by atoms with E-state index in [1.807, 2.05) is 6.07 Å². The topological polar surface area (TPSA) is 97.7 Å². The lowest BCUT2D eigenvalue weighted by Gasteiger charge is -2.54. The van der Waals surface area contributed by atoms with E-state index in [9.17, 15) is 23.6 Å². The van der Waals surface area contributed by atoms with Gasteiger partial charge in [-0.15, -0.1) is 0 Å². The smallest absolute Gasteiger partial charge is 0.387 e. The first kappa shape index (κ1) is 27.5. The average molecular weight is 552 g/mol. The van der Waals surface area contributed by atoms with Gasteiger partial charge in [-0.3, -0.25) is 4.79 Å². The molecular weight excluding hydrogens is 518 g/mol. The van der Waals surface area contributed by atoms with E-state index in [4.69, 9.17) is 0 Å². The standard InChI is InChI=1S/C27H33F4N5O3/c28-23(29)39-21-4-2-1-3-19(21)27(30,31)8-7-20(22(37)34-26(15-32)9-10-26)33-24(38)36-16-25(17-36)11-13-35(14-12-25)18-5-6-18/h1-4,18,20,23H,5-14,16-17H2,(H,33,38)(H,34,37). The number of likely N-dealkylation sites (tertiary alicyclic amines) is 2. The van der Waals surface area contributed by atoms with Crippen molar-refractivity contribution in [2.45, 2.75) is 81.5 Å². The molecular formula is C27H33F4N5O3. The fourth-order valence-corrected chi connectivity index (χ4v) is 5.68. The highest BCUT2D eigenvalue weighted by atomic mass is 19.3. The number of nitrogens with one attached hydrogen (secondary N) is 2. The number of carbonyl (C=O) groups is 2. The molecule has 0 radical (unpaired) electrons. The van der Waals surface area contributed by atoms with Gasteiger partial charge < -0.3 is 25.2 Å². The van der Waals surface area contributed by atoms with Crippen molar-refractivity contribution in [3.8, 4) is 11.8 Å². The van der Waals surface area contributed by atoms with Gasteiger partial charge in [0.15, 0.2) is 0 Å². The van der Waals surface area contributed by atoms with E-state index in [0.717, 1.165) is 38.1 Å². The Bertz CT molecular complexity index is 1120. The van der Waals surface area contributed by atoms with Crippen LogP contribution in [0, 0.1) is 16.7 Å². The summed E-state index contributed by atoms with van der Waals surface area (Å²) >= 11 is 0. The fraction of sp³-hybridized carbons (Fsp3) is 0.667. The predicted molar refractivity (Wildman–Crippen MR) is 132 cm³/mol. The number of urea groups is 1. The number of carbonyl (C=O) groups excluding carboxylic acids is 2. The zero-order valence-electron chi connectivity index (χ0n) is 21.6. The van der Waals surface area contributed by atoms with Crippen molar-refractivity contribution in [2.24, 2.45) is 5.41 Å². The van der Waals surface area contributed by atoms with Gasteiger partial charge in [0, 0.05) is 31.0 Å². The molecule has 12 heteroatoms. The SMILES string of the molecule is N#CC1(NC(=O)C(CCC(F)(F)c2ccccc2OC(F)F)NC(=O)N2CC3(CCN(C4CC4)CC3)C2)CC1. The number of hydrogen-bond acceptors (Lipinski definition) is 5. The molecule has 4 fully saturated rings. The molecule has 1 aromatic rings. The van der Waals surface area contributed by atoms with Gasteiger partial charge in [0.1, 0.15) is 17.3 Å². The van der Waals surface area contributed by atoms with Gasteiger partial charge in [0.05, 0.1) is 11.6 Å². The van der Waals surface area contributed by atoms with E-state index in [1.54, 1.807) is 4.90 Å². The molecule has 3 amide bonds. The Balaban J connectivity index is 1.21. The van der Waals surface area contributed by atoms with Crippen molar-refractivity contribution in [3.63, 3.8) is 0 Å². The average Bonchev–Trinajstić information content (AvgIpc) is 3.81. The number of nitriles is 1. The second kappa shape index (κ2) is 10.5. The van der Waals surface area contributed by atoms with E-state index in [2.05, 4.69) is 20.3 Å². The number of piperidine rings is 1. The lowest BCUT2D eigenvalue weighted by atomic mass is 9.72. The second-order valence-corrected chi connectivity index (χ2v) is 11.4. The molecule has 0 bridgehead atoms. The highest BCUT2D eigenvalue weighted by molar-refractivity contribution is 5.88. The minimum absolute atomic E-state index is 0.0564. The van der Waals surface area contributed by atoms with Gasteiger partial charge >= 0.3 is 12.6 Å². The summed E-state index contributed by atoms with van der Waals surface area (Å²) in [6.07, 6.45) is 4.00. The first-order valence-electron chi connectivity index (χ1n) is 13.5. The molecule has 1 unspecified atom stereocenters. The summed E-state index contributed by atoms with van der Waals surface area (Å²) in [6.45, 7) is -0.174. The number of alkyl halides is 4. The van der Waals surface area contributed by atoms with Crippen LogP contribution in [0.25, 0.3) is 0 Å². The van der Waals surface area contributed by atoms with Gasteiger partial charge in [-0.2, -0.15) is 14.0 Å². The summed E-state index contributed by atoms with van der Waals surface area (Å²) < 4.78 is 60.1. The normalized spacial score (nSPS) is 22.5. The molecule has 1 aromatic carbocycles. The summed E-state index contributed by atoms with van der Waals surface area (Å²) in [4.78, 5) is 30.2. The van der Waals surface area contributed by atoms with Crippen molar-refractivity contribution in [3.05, 3.63) is 29.8 Å². The quantitative estimate of drug-likeness (QED) is 0.429. The lowest BCUT2D eigenvalue weighted by Crippen LogP contribution is -2.65. The third-order valence-electron chi connectivity index (χ3n) is 8.45. The zero-order valence-corrected chi connectivity index (χ0v) is 21.6. The van der Waals surface area contributed by atoms with Gasteiger partial charge in [0.25, 0.3) is 5.92 Å². The van der Waals surface area contributed by atoms with Crippen LogP contribution in [0.2, 0.25) is 0 Å². The van der Waals surface area contributed by atoms with E-state index in [0.29, 0.717) is 32.0 Å². The van der Waals surface area contributed by atoms with Crippen molar-refractivity contribution in [2.75, 3.05) is 26.2 Å². The highest BCUT2D eigenvalue weighted by Gasteiger charge is 2.50. The van der Waals surface area contributed by atoms with Crippen molar-refractivity contribution >= 4 is 11.9 Å². The molecule has 4 aliphatic rings. The van der Waals surface area contributed by atoms with Gasteiger partial charge in [0.2, 0.25) is 5.91 Å². The van der Waals surface area contributed by atoms with E-state index < -0.39 is 60.2 Å². The first-order chi connectivity index (χ1) is 18.5. The number of para-hydroxylation sites is 1. The number of nitrogens with zero attached hydrogens (tertiary/aromatic N) is 3. The van der Waals surface area contributed by atoms with Crippen molar-refractivity contribution < 1.29 is 31.9 Å². The van der Waals surface area contributed by atoms with Crippen LogP contribution in [0.3, 0.4) is 0 Å². The third kappa shape index (κ3) is 6.24. The molecule has 0 aromatic heterocycles. The molecule has 1 spiro atoms. The summed E-state index contributed by atoms with van der Waals surface area (Å²) in [5.41, 5.74) is -1.72. The Morgan fingerprint density at radius 2 is 1.79 bits per heavy atom. The maximum Gasteiger partial charge on any atom is 0.387 e. The van der Waals surface area contributed by atoms with Crippen LogP contribution in [-0.4, -0.2) is 72.2 Å². The van der Waals surface area contributed by atoms with Crippen LogP contribution < -0.4 is 15.4 Å². The largest absolute Gasteiger partial charge is 0.434 e. The van der Waals surface area contributed by atoms with Crippen molar-refractivity contribution in [1.82, 2.24) is 20.4 Å². The van der Waals surface area contributed by atoms with E-state index in [1.165, 1.54) is 25.0 Å². The van der Waals surface area contributed by atoms with E-state index in [-0.39, 0.29) is 5.41 Å². The maximum absolute atomic E-state index is 15.2. The minimum atomic E-state index is -3.61. The Morgan fingerprint density at radius 1 is 1.13 bits per heavy atom. The number of ether oxygens (including phenoxy) is 1. The molecule has 2 saturated heterocycles. The van der Waals surface area contributed by atoms with Crippen LogP contribution in [-0.2, 0) is 10.7 Å². The number of amides is 3. The molecule has 5 rings (SSSR count). The van der Waals surface area contributed by atoms with Crippen LogP contribution >= 0.6 is 0 Å². The Kier molecular flexibility index (Phi) is 7.39. The minimum Gasteiger partial charge on any atom is -0.434 e. The fourth-order valence-electron chi connectivity index (χ4n) is 5.68. The molecule has 1 atom stereocenters. The number of benzene rings is 1. The Morgan fingerprint density at radius 3 is 2.38 bits per heavy atom. The summed E-state index contributed by atoms with van der Waals surface area (Å²) in [5.74, 6) is -4.98. The van der Waals surface area contributed by atoms with Gasteiger partial charge in [-0.25, -0.2) is 13.6 Å². The monoisotopic (exact) mass is 551 g/mol. The summed E-state index contributed by atoms with van der Waals surface area (Å²) in [5, 5.41) is 14.5. The number of rotatable bonds is 10. The van der Waals surface area contributed by atoms with Gasteiger partial charge in [-0.05, 0) is 70.2 Å². The predicted octanol–water partition coefficient (Wildman–Crippen LogP) is 3.97. The Labute approximate surface area is 224 Å². The number of halogens is 4. The number of hydrogen-bond donors (Lipinski definition) is 2. The summed E-state index contributed by atoms with van der Waals surface area (Å²) in [7, 11) is 0. The molecule has 39 heavy (non-hydrogen) atoms. The third-order valence-corrected chi connectivity index (χ3v) is 8.45. The first-order valence-corrected chi connectivity index (χ1v) is 13.5. The molecule has 2 aliphatic heterocycles. The van der Waals surface area contributed by atoms with Crippen LogP contribution in [0.1, 0.15) is 56.9 Å². The lowest BCUT2D eigenvalue weighted by molar-refractivity contribution is -0.124. The second-order valence-electron chi connectivity index (χ2n) is 11.4. The summed E-state index contributed by atoms with van der Waals surface area (Å²) in [6, 6.07) is 5.49. The molecule has 8 nitrogen and oxygen atoms in total. The van der Waals surface area contributed by atoms with Crippen LogP contribution in [0.15, 0.2) is 24.3 Å². The van der Waals surface area contributed by atoms with Crippen LogP contribution in [0.5, 0.6) is 5.75 Å². The highest BCUT2D eigenvalue weighted by Crippen LogP contribution is 2.43. The molecule has 2 heterocycles. The van der Waals surface area contributed by atoms with E-state index >= 15 is 8.78 Å². The van der Waals surface area contributed by atoms with Crippen LogP contribution in [0.4, 0.5) is 22.4 Å². The molecule has 2 N–H and O–H groups in total. The Hall–Kier alpha value is -3.07.